The summed E-state index contributed by atoms with van der Waals surface area (Å²) in [6.45, 7) is 0. The molecule has 0 unspecified atom stereocenters. The van der Waals surface area contributed by atoms with E-state index in [-0.39, 0.29) is 0 Å². The summed E-state index contributed by atoms with van der Waals surface area (Å²) in [5, 5.41) is 10.6. The summed E-state index contributed by atoms with van der Waals surface area (Å²) in [6, 6.07) is 7.60. The molecule has 0 amide bonds. The standard InChI is InChI=1S/C12H17BrO/c13-10-6-2-1-3-7-11-8-4-5-9-12(11)14/h4-5,8-9,14H,1-3,6-7,10H2. The molecule has 0 fully saturated rings. The zero-order chi connectivity index (χ0) is 10.2. The summed E-state index contributed by atoms with van der Waals surface area (Å²) in [4.78, 5) is 0. The van der Waals surface area contributed by atoms with E-state index in [9.17, 15) is 5.11 Å². The summed E-state index contributed by atoms with van der Waals surface area (Å²) in [7, 11) is 0. The number of alkyl halides is 1. The van der Waals surface area contributed by atoms with E-state index in [1.807, 2.05) is 18.2 Å². The number of para-hydroxylation sites is 1. The predicted octanol–water partition coefficient (Wildman–Crippen LogP) is 3.89. The van der Waals surface area contributed by atoms with Gasteiger partial charge in [0.2, 0.25) is 0 Å². The molecule has 0 atom stereocenters. The fraction of sp³-hybridized carbons (Fsp3) is 0.500. The molecule has 0 aliphatic carbocycles. The third-order valence-electron chi connectivity index (χ3n) is 2.32. The van der Waals surface area contributed by atoms with Gasteiger partial charge in [-0.3, -0.25) is 0 Å². The third-order valence-corrected chi connectivity index (χ3v) is 2.88. The molecule has 14 heavy (non-hydrogen) atoms. The summed E-state index contributed by atoms with van der Waals surface area (Å²) in [5.74, 6) is 0.438. The minimum Gasteiger partial charge on any atom is -0.508 e. The number of aryl methyl sites for hydroxylation is 1. The fourth-order valence-corrected chi connectivity index (χ4v) is 1.88. The molecule has 0 saturated carbocycles. The van der Waals surface area contributed by atoms with E-state index in [0.29, 0.717) is 5.75 Å². The highest BCUT2D eigenvalue weighted by Gasteiger charge is 1.98. The lowest BCUT2D eigenvalue weighted by Gasteiger charge is -2.03. The number of rotatable bonds is 6. The fourth-order valence-electron chi connectivity index (χ4n) is 1.49. The highest BCUT2D eigenvalue weighted by atomic mass is 79.9. The zero-order valence-corrected chi connectivity index (χ0v) is 9.96. The van der Waals surface area contributed by atoms with Crippen LogP contribution in [0.3, 0.4) is 0 Å². The van der Waals surface area contributed by atoms with Crippen molar-refractivity contribution >= 4 is 15.9 Å². The van der Waals surface area contributed by atoms with Crippen LogP contribution in [0.25, 0.3) is 0 Å². The smallest absolute Gasteiger partial charge is 0.118 e. The molecule has 1 aromatic carbocycles. The number of phenolic OH excluding ortho intramolecular Hbond substituents is 1. The molecule has 1 rings (SSSR count). The van der Waals surface area contributed by atoms with Gasteiger partial charge in [0.1, 0.15) is 5.75 Å². The van der Waals surface area contributed by atoms with Crippen LogP contribution in [0, 0.1) is 0 Å². The number of benzene rings is 1. The Kier molecular flexibility index (Phi) is 5.69. The molecule has 78 valence electrons. The van der Waals surface area contributed by atoms with Crippen LogP contribution in [-0.2, 0) is 6.42 Å². The Balaban J connectivity index is 2.21. The Morgan fingerprint density at radius 1 is 1.00 bits per heavy atom. The van der Waals surface area contributed by atoms with Crippen molar-refractivity contribution < 1.29 is 5.11 Å². The van der Waals surface area contributed by atoms with Crippen molar-refractivity contribution in [3.05, 3.63) is 29.8 Å². The van der Waals surface area contributed by atoms with Crippen molar-refractivity contribution in [3.8, 4) is 5.75 Å². The van der Waals surface area contributed by atoms with Gasteiger partial charge in [-0.25, -0.2) is 0 Å². The summed E-state index contributed by atoms with van der Waals surface area (Å²) in [5.41, 5.74) is 1.08. The Morgan fingerprint density at radius 2 is 1.71 bits per heavy atom. The van der Waals surface area contributed by atoms with E-state index in [0.717, 1.165) is 17.3 Å². The molecule has 0 heterocycles. The lowest BCUT2D eigenvalue weighted by molar-refractivity contribution is 0.466. The topological polar surface area (TPSA) is 20.2 Å². The average Bonchev–Trinajstić information content (AvgIpc) is 2.20. The number of phenols is 1. The molecule has 0 bridgehead atoms. The van der Waals surface area contributed by atoms with Gasteiger partial charge >= 0.3 is 0 Å². The Morgan fingerprint density at radius 3 is 2.43 bits per heavy atom. The Bertz CT molecular complexity index is 260. The SMILES string of the molecule is Oc1ccccc1CCCCCCBr. The van der Waals surface area contributed by atoms with Gasteiger partial charge in [-0.15, -0.1) is 0 Å². The predicted molar refractivity (Wildman–Crippen MR) is 64.1 cm³/mol. The van der Waals surface area contributed by atoms with Crippen molar-refractivity contribution in [2.45, 2.75) is 32.1 Å². The van der Waals surface area contributed by atoms with Crippen LogP contribution in [-0.4, -0.2) is 10.4 Å². The van der Waals surface area contributed by atoms with E-state index in [2.05, 4.69) is 15.9 Å². The van der Waals surface area contributed by atoms with Crippen LogP contribution in [0.1, 0.15) is 31.2 Å². The maximum absolute atomic E-state index is 9.51. The summed E-state index contributed by atoms with van der Waals surface area (Å²) in [6.07, 6.45) is 5.94. The third kappa shape index (κ3) is 4.14. The highest BCUT2D eigenvalue weighted by molar-refractivity contribution is 9.09. The quantitative estimate of drug-likeness (QED) is 0.605. The lowest BCUT2D eigenvalue weighted by atomic mass is 10.1. The molecular formula is C12H17BrO. The van der Waals surface area contributed by atoms with E-state index in [1.165, 1.54) is 25.7 Å². The molecule has 0 spiro atoms. The van der Waals surface area contributed by atoms with Gasteiger partial charge < -0.3 is 5.11 Å². The van der Waals surface area contributed by atoms with Crippen molar-refractivity contribution in [2.24, 2.45) is 0 Å². The first-order chi connectivity index (χ1) is 6.84. The van der Waals surface area contributed by atoms with Crippen LogP contribution in [0.4, 0.5) is 0 Å². The number of hydrogen-bond acceptors (Lipinski definition) is 1. The minimum absolute atomic E-state index is 0.438. The van der Waals surface area contributed by atoms with Gasteiger partial charge in [0.15, 0.2) is 0 Å². The molecule has 0 aliphatic heterocycles. The molecule has 0 aliphatic rings. The van der Waals surface area contributed by atoms with Gasteiger partial charge in [-0.1, -0.05) is 47.0 Å². The number of hydrogen-bond donors (Lipinski definition) is 1. The Labute approximate surface area is 94.3 Å². The van der Waals surface area contributed by atoms with E-state index < -0.39 is 0 Å². The number of halogens is 1. The highest BCUT2D eigenvalue weighted by Crippen LogP contribution is 2.18. The average molecular weight is 257 g/mol. The lowest BCUT2D eigenvalue weighted by Crippen LogP contribution is -1.86. The van der Waals surface area contributed by atoms with E-state index >= 15 is 0 Å². The molecule has 1 aromatic rings. The Hall–Kier alpha value is -0.500. The van der Waals surface area contributed by atoms with Gasteiger partial charge in [0.25, 0.3) is 0 Å². The zero-order valence-electron chi connectivity index (χ0n) is 8.38. The summed E-state index contributed by atoms with van der Waals surface area (Å²) >= 11 is 3.42. The monoisotopic (exact) mass is 256 g/mol. The second kappa shape index (κ2) is 6.88. The van der Waals surface area contributed by atoms with Crippen molar-refractivity contribution in [2.75, 3.05) is 5.33 Å². The number of aromatic hydroxyl groups is 1. The first-order valence-electron chi connectivity index (χ1n) is 5.17. The van der Waals surface area contributed by atoms with Crippen LogP contribution in [0.2, 0.25) is 0 Å². The first-order valence-corrected chi connectivity index (χ1v) is 6.29. The van der Waals surface area contributed by atoms with Crippen LogP contribution in [0.5, 0.6) is 5.75 Å². The van der Waals surface area contributed by atoms with E-state index in [1.54, 1.807) is 6.07 Å². The van der Waals surface area contributed by atoms with Gasteiger partial charge in [-0.05, 0) is 30.9 Å². The molecule has 0 saturated heterocycles. The van der Waals surface area contributed by atoms with Gasteiger partial charge in [-0.2, -0.15) is 0 Å². The molecule has 1 nitrogen and oxygen atoms in total. The maximum atomic E-state index is 9.51. The largest absolute Gasteiger partial charge is 0.508 e. The van der Waals surface area contributed by atoms with Crippen molar-refractivity contribution in [1.29, 1.82) is 0 Å². The summed E-state index contributed by atoms with van der Waals surface area (Å²) < 4.78 is 0. The van der Waals surface area contributed by atoms with Crippen molar-refractivity contribution in [1.82, 2.24) is 0 Å². The van der Waals surface area contributed by atoms with Crippen LogP contribution in [0.15, 0.2) is 24.3 Å². The second-order valence-electron chi connectivity index (χ2n) is 3.48. The van der Waals surface area contributed by atoms with E-state index in [4.69, 9.17) is 0 Å². The van der Waals surface area contributed by atoms with Crippen LogP contribution < -0.4 is 0 Å². The molecule has 0 radical (unpaired) electrons. The number of unbranched alkanes of at least 4 members (excludes halogenated alkanes) is 3. The van der Waals surface area contributed by atoms with Crippen molar-refractivity contribution in [3.63, 3.8) is 0 Å². The van der Waals surface area contributed by atoms with Gasteiger partial charge in [0.05, 0.1) is 0 Å². The maximum Gasteiger partial charge on any atom is 0.118 e. The normalized spacial score (nSPS) is 10.4. The molecule has 2 heteroatoms. The molecule has 0 aromatic heterocycles. The molecule has 1 N–H and O–H groups in total. The van der Waals surface area contributed by atoms with Crippen LogP contribution >= 0.6 is 15.9 Å². The molecular weight excluding hydrogens is 240 g/mol. The van der Waals surface area contributed by atoms with Gasteiger partial charge in [0, 0.05) is 5.33 Å². The minimum atomic E-state index is 0.438. The second-order valence-corrected chi connectivity index (χ2v) is 4.27. The first kappa shape index (κ1) is 11.6.